The molecule has 2 aromatic carbocycles. The molecule has 0 fully saturated rings. The molecule has 0 radical (unpaired) electrons. The quantitative estimate of drug-likeness (QED) is 0.814. The van der Waals surface area contributed by atoms with E-state index in [0.29, 0.717) is 16.9 Å². The van der Waals surface area contributed by atoms with Crippen molar-refractivity contribution in [3.8, 4) is 0 Å². The van der Waals surface area contributed by atoms with Gasteiger partial charge in [-0.2, -0.15) is 0 Å². The molecular formula is C18H22N2O. The monoisotopic (exact) mass is 282 g/mol. The molecule has 3 nitrogen and oxygen atoms in total. The van der Waals surface area contributed by atoms with Gasteiger partial charge in [0.05, 0.1) is 11.4 Å². The van der Waals surface area contributed by atoms with Gasteiger partial charge >= 0.3 is 0 Å². The van der Waals surface area contributed by atoms with Crippen molar-refractivity contribution < 1.29 is 4.79 Å². The summed E-state index contributed by atoms with van der Waals surface area (Å²) in [6, 6.07) is 13.3. The molecule has 2 rings (SSSR count). The summed E-state index contributed by atoms with van der Waals surface area (Å²) in [4.78, 5) is 12.3. The van der Waals surface area contributed by atoms with E-state index in [1.54, 1.807) is 6.07 Å². The Morgan fingerprint density at radius 3 is 2.24 bits per heavy atom. The van der Waals surface area contributed by atoms with Crippen LogP contribution >= 0.6 is 0 Å². The van der Waals surface area contributed by atoms with E-state index >= 15 is 0 Å². The maximum atomic E-state index is 12.3. The van der Waals surface area contributed by atoms with E-state index in [4.69, 9.17) is 5.73 Å². The molecule has 1 amide bonds. The van der Waals surface area contributed by atoms with Crippen LogP contribution in [0.2, 0.25) is 0 Å². The summed E-state index contributed by atoms with van der Waals surface area (Å²) >= 11 is 0. The zero-order valence-corrected chi connectivity index (χ0v) is 13.0. The number of hydrogen-bond donors (Lipinski definition) is 2. The van der Waals surface area contributed by atoms with Gasteiger partial charge in [-0.3, -0.25) is 4.79 Å². The lowest BCUT2D eigenvalue weighted by Crippen LogP contribution is -2.15. The number of anilines is 2. The Kier molecular flexibility index (Phi) is 4.03. The van der Waals surface area contributed by atoms with Gasteiger partial charge in [0, 0.05) is 5.56 Å². The van der Waals surface area contributed by atoms with Crippen LogP contribution < -0.4 is 11.1 Å². The average Bonchev–Trinajstić information content (AvgIpc) is 2.42. The number of rotatable bonds is 2. The summed E-state index contributed by atoms with van der Waals surface area (Å²) in [5, 5.41) is 2.86. The SMILES string of the molecule is Cc1ccc(N)c(NC(=O)c2ccc(C(C)(C)C)cc2)c1. The second-order valence-electron chi connectivity index (χ2n) is 6.37. The molecule has 3 heteroatoms. The molecule has 0 aliphatic heterocycles. The van der Waals surface area contributed by atoms with E-state index in [0.717, 1.165) is 5.56 Å². The van der Waals surface area contributed by atoms with E-state index in [9.17, 15) is 4.79 Å². The minimum absolute atomic E-state index is 0.0793. The summed E-state index contributed by atoms with van der Waals surface area (Å²) in [6.07, 6.45) is 0. The van der Waals surface area contributed by atoms with Crippen LogP contribution in [0.5, 0.6) is 0 Å². The Bertz CT molecular complexity index is 652. The highest BCUT2D eigenvalue weighted by atomic mass is 16.1. The van der Waals surface area contributed by atoms with E-state index < -0.39 is 0 Å². The fourth-order valence-corrected chi connectivity index (χ4v) is 2.09. The number of amides is 1. The maximum absolute atomic E-state index is 12.3. The molecule has 110 valence electrons. The van der Waals surface area contributed by atoms with Crippen molar-refractivity contribution in [2.45, 2.75) is 33.1 Å². The minimum atomic E-state index is -0.146. The first kappa shape index (κ1) is 15.1. The zero-order chi connectivity index (χ0) is 15.6. The van der Waals surface area contributed by atoms with Gasteiger partial charge in [-0.05, 0) is 47.7 Å². The van der Waals surface area contributed by atoms with Crippen LogP contribution in [-0.2, 0) is 5.41 Å². The van der Waals surface area contributed by atoms with Crippen molar-refractivity contribution in [2.24, 2.45) is 0 Å². The third-order valence-corrected chi connectivity index (χ3v) is 3.47. The fraction of sp³-hybridized carbons (Fsp3) is 0.278. The third kappa shape index (κ3) is 3.63. The largest absolute Gasteiger partial charge is 0.397 e. The van der Waals surface area contributed by atoms with Crippen LogP contribution in [0.15, 0.2) is 42.5 Å². The van der Waals surface area contributed by atoms with Gasteiger partial charge in [0.25, 0.3) is 5.91 Å². The topological polar surface area (TPSA) is 55.1 Å². The van der Waals surface area contributed by atoms with Gasteiger partial charge in [-0.15, -0.1) is 0 Å². The van der Waals surface area contributed by atoms with E-state index in [-0.39, 0.29) is 11.3 Å². The molecule has 0 saturated carbocycles. The Morgan fingerprint density at radius 2 is 1.67 bits per heavy atom. The van der Waals surface area contributed by atoms with Crippen molar-refractivity contribution in [1.82, 2.24) is 0 Å². The predicted octanol–water partition coefficient (Wildman–Crippen LogP) is 4.13. The van der Waals surface area contributed by atoms with Gasteiger partial charge in [0.2, 0.25) is 0 Å². The highest BCUT2D eigenvalue weighted by Gasteiger charge is 2.14. The summed E-state index contributed by atoms with van der Waals surface area (Å²) < 4.78 is 0. The molecular weight excluding hydrogens is 260 g/mol. The van der Waals surface area contributed by atoms with Gasteiger partial charge in [-0.25, -0.2) is 0 Å². The molecule has 0 aliphatic carbocycles. The van der Waals surface area contributed by atoms with Crippen molar-refractivity contribution in [3.63, 3.8) is 0 Å². The molecule has 21 heavy (non-hydrogen) atoms. The molecule has 0 unspecified atom stereocenters. The number of nitrogens with two attached hydrogens (primary N) is 1. The number of nitrogens with one attached hydrogen (secondary N) is 1. The molecule has 0 spiro atoms. The number of aryl methyl sites for hydroxylation is 1. The molecule has 0 aliphatic rings. The number of carbonyl (C=O) groups is 1. The van der Waals surface area contributed by atoms with Crippen LogP contribution in [0, 0.1) is 6.92 Å². The molecule has 0 heterocycles. The smallest absolute Gasteiger partial charge is 0.255 e. The van der Waals surface area contributed by atoms with E-state index in [2.05, 4.69) is 26.1 Å². The zero-order valence-electron chi connectivity index (χ0n) is 13.0. The first-order chi connectivity index (χ1) is 9.77. The van der Waals surface area contributed by atoms with E-state index in [1.807, 2.05) is 43.3 Å². The third-order valence-electron chi connectivity index (χ3n) is 3.47. The van der Waals surface area contributed by atoms with Crippen molar-refractivity contribution in [2.75, 3.05) is 11.1 Å². The summed E-state index contributed by atoms with van der Waals surface area (Å²) in [5.74, 6) is -0.146. The Balaban J connectivity index is 2.19. The Hall–Kier alpha value is -2.29. The van der Waals surface area contributed by atoms with Gasteiger partial charge in [-0.1, -0.05) is 39.0 Å². The van der Waals surface area contributed by atoms with Gasteiger partial charge in [0.1, 0.15) is 0 Å². The summed E-state index contributed by atoms with van der Waals surface area (Å²) in [7, 11) is 0. The van der Waals surface area contributed by atoms with Crippen molar-refractivity contribution in [1.29, 1.82) is 0 Å². The first-order valence-electron chi connectivity index (χ1n) is 7.05. The van der Waals surface area contributed by atoms with Gasteiger partial charge in [0.15, 0.2) is 0 Å². The molecule has 0 aromatic heterocycles. The van der Waals surface area contributed by atoms with Crippen LogP contribution in [0.3, 0.4) is 0 Å². The molecule has 0 atom stereocenters. The van der Waals surface area contributed by atoms with Crippen LogP contribution in [0.4, 0.5) is 11.4 Å². The Morgan fingerprint density at radius 1 is 1.05 bits per heavy atom. The van der Waals surface area contributed by atoms with Crippen molar-refractivity contribution in [3.05, 3.63) is 59.2 Å². The van der Waals surface area contributed by atoms with Crippen LogP contribution in [0.25, 0.3) is 0 Å². The second-order valence-corrected chi connectivity index (χ2v) is 6.37. The standard InChI is InChI=1S/C18H22N2O/c1-12-5-10-15(19)16(11-12)20-17(21)13-6-8-14(9-7-13)18(2,3)4/h5-11H,19H2,1-4H3,(H,20,21). The summed E-state index contributed by atoms with van der Waals surface area (Å²) in [6.45, 7) is 8.41. The number of benzene rings is 2. The Labute approximate surface area is 126 Å². The molecule has 0 saturated heterocycles. The van der Waals surface area contributed by atoms with E-state index in [1.165, 1.54) is 5.56 Å². The highest BCUT2D eigenvalue weighted by molar-refractivity contribution is 6.05. The van der Waals surface area contributed by atoms with Crippen LogP contribution in [0.1, 0.15) is 42.3 Å². The average molecular weight is 282 g/mol. The first-order valence-corrected chi connectivity index (χ1v) is 7.05. The van der Waals surface area contributed by atoms with Crippen LogP contribution in [-0.4, -0.2) is 5.91 Å². The number of hydrogen-bond acceptors (Lipinski definition) is 2. The highest BCUT2D eigenvalue weighted by Crippen LogP contribution is 2.23. The maximum Gasteiger partial charge on any atom is 0.255 e. The fourth-order valence-electron chi connectivity index (χ4n) is 2.09. The lowest BCUT2D eigenvalue weighted by molar-refractivity contribution is 0.102. The van der Waals surface area contributed by atoms with Crippen molar-refractivity contribution >= 4 is 17.3 Å². The normalized spacial score (nSPS) is 11.2. The second kappa shape index (κ2) is 5.60. The molecule has 2 aromatic rings. The molecule has 0 bridgehead atoms. The predicted molar refractivity (Wildman–Crippen MR) is 88.7 cm³/mol. The summed E-state index contributed by atoms with van der Waals surface area (Å²) in [5.41, 5.74) is 10.1. The minimum Gasteiger partial charge on any atom is -0.397 e. The lowest BCUT2D eigenvalue weighted by atomic mass is 9.87. The number of carbonyl (C=O) groups excluding carboxylic acids is 1. The number of nitrogen functional groups attached to an aromatic ring is 1. The molecule has 3 N–H and O–H groups in total. The van der Waals surface area contributed by atoms with Gasteiger partial charge < -0.3 is 11.1 Å². The lowest BCUT2D eigenvalue weighted by Gasteiger charge is -2.19.